The Kier molecular flexibility index (Phi) is 4.57. The molecule has 0 aliphatic heterocycles. The molecule has 0 atom stereocenters. The fourth-order valence-electron chi connectivity index (χ4n) is 3.20. The van der Waals surface area contributed by atoms with Gasteiger partial charge in [0.25, 0.3) is 0 Å². The van der Waals surface area contributed by atoms with Crippen LogP contribution in [-0.4, -0.2) is 32.3 Å². The molecule has 0 unspecified atom stereocenters. The molecule has 0 fully saturated rings. The quantitative estimate of drug-likeness (QED) is 0.380. The van der Waals surface area contributed by atoms with E-state index in [1.807, 2.05) is 42.7 Å². The monoisotopic (exact) mass is 377 g/mol. The number of esters is 1. The lowest BCUT2D eigenvalue weighted by Gasteiger charge is -2.08. The Morgan fingerprint density at radius 3 is 2.79 bits per heavy atom. The third-order valence-corrected chi connectivity index (χ3v) is 4.68. The van der Waals surface area contributed by atoms with E-state index in [0.717, 1.165) is 17.1 Å². The normalized spacial score (nSPS) is 11.1. The topological polar surface area (TPSA) is 78.7 Å². The molecule has 142 valence electrons. The average Bonchev–Trinajstić information content (AvgIpc) is 3.41. The summed E-state index contributed by atoms with van der Waals surface area (Å²) in [6.45, 7) is 4.00. The first-order chi connectivity index (χ1) is 13.5. The predicted molar refractivity (Wildman–Crippen MR) is 102 cm³/mol. The molecule has 0 bridgehead atoms. The third-order valence-electron chi connectivity index (χ3n) is 4.68. The van der Waals surface area contributed by atoms with Crippen molar-refractivity contribution in [3.63, 3.8) is 0 Å². The van der Waals surface area contributed by atoms with E-state index in [0.29, 0.717) is 17.8 Å². The van der Waals surface area contributed by atoms with Crippen molar-refractivity contribution in [2.75, 3.05) is 6.61 Å². The van der Waals surface area contributed by atoms with E-state index >= 15 is 0 Å². The molecular weight excluding hydrogens is 358 g/mol. The molecule has 0 aliphatic rings. The first-order valence-electron chi connectivity index (χ1n) is 8.86. The number of ether oxygens (including phenoxy) is 1. The lowest BCUT2D eigenvalue weighted by molar-refractivity contribution is 0.0469. The van der Waals surface area contributed by atoms with Gasteiger partial charge in [-0.05, 0) is 44.2 Å². The van der Waals surface area contributed by atoms with E-state index in [-0.39, 0.29) is 18.1 Å². The van der Waals surface area contributed by atoms with E-state index in [9.17, 15) is 9.59 Å². The van der Waals surface area contributed by atoms with Crippen LogP contribution in [0.3, 0.4) is 0 Å². The Balaban J connectivity index is 1.45. The highest BCUT2D eigenvalue weighted by atomic mass is 16.5. The number of nitrogens with zero attached hydrogens (tertiary/aromatic N) is 3. The number of carbonyl (C=O) groups is 2. The van der Waals surface area contributed by atoms with Gasteiger partial charge >= 0.3 is 5.97 Å². The predicted octanol–water partition coefficient (Wildman–Crippen LogP) is 3.43. The average molecular weight is 377 g/mol. The summed E-state index contributed by atoms with van der Waals surface area (Å²) in [5.74, 6) is -0.0728. The number of fused-ring (bicyclic) bond motifs is 1. The molecule has 0 saturated carbocycles. The highest BCUT2D eigenvalue weighted by Crippen LogP contribution is 2.18. The van der Waals surface area contributed by atoms with Crippen LogP contribution in [0.4, 0.5) is 0 Å². The number of carbonyl (C=O) groups excluding carboxylic acids is 2. The van der Waals surface area contributed by atoms with Crippen molar-refractivity contribution in [1.29, 1.82) is 0 Å². The van der Waals surface area contributed by atoms with Crippen LogP contribution in [0.1, 0.15) is 38.0 Å². The van der Waals surface area contributed by atoms with Crippen LogP contribution < -0.4 is 0 Å². The first kappa shape index (κ1) is 17.8. The zero-order valence-electron chi connectivity index (χ0n) is 15.6. The van der Waals surface area contributed by atoms with Gasteiger partial charge in [0.05, 0.1) is 12.8 Å². The molecule has 4 rings (SSSR count). The molecule has 0 aliphatic carbocycles. The van der Waals surface area contributed by atoms with Gasteiger partial charge in [-0.15, -0.1) is 0 Å². The van der Waals surface area contributed by atoms with Crippen LogP contribution in [-0.2, 0) is 11.3 Å². The lowest BCUT2D eigenvalue weighted by Crippen LogP contribution is -2.15. The molecule has 7 heteroatoms. The van der Waals surface area contributed by atoms with Crippen molar-refractivity contribution in [1.82, 2.24) is 14.0 Å². The second kappa shape index (κ2) is 7.19. The number of furan rings is 1. The van der Waals surface area contributed by atoms with Crippen LogP contribution in [0.5, 0.6) is 0 Å². The molecule has 4 aromatic heterocycles. The molecule has 7 nitrogen and oxygen atoms in total. The second-order valence-electron chi connectivity index (χ2n) is 6.54. The maximum Gasteiger partial charge on any atom is 0.359 e. The Morgan fingerprint density at radius 1 is 1.18 bits per heavy atom. The molecule has 4 aromatic rings. The summed E-state index contributed by atoms with van der Waals surface area (Å²) in [5, 5.41) is 0. The number of aryl methyl sites for hydroxylation is 1. The van der Waals surface area contributed by atoms with Crippen molar-refractivity contribution in [2.45, 2.75) is 20.4 Å². The van der Waals surface area contributed by atoms with Crippen molar-refractivity contribution >= 4 is 17.4 Å². The van der Waals surface area contributed by atoms with Crippen molar-refractivity contribution in [2.24, 2.45) is 0 Å². The van der Waals surface area contributed by atoms with E-state index in [2.05, 4.69) is 4.98 Å². The molecule has 0 amide bonds. The highest BCUT2D eigenvalue weighted by molar-refractivity contribution is 6.00. The van der Waals surface area contributed by atoms with Gasteiger partial charge in [0, 0.05) is 29.3 Å². The SMILES string of the molecule is Cc1cc(C(=O)COC(=O)c2cn3ccccc3n2)c(C)n1Cc1ccco1. The van der Waals surface area contributed by atoms with Crippen LogP contribution in [0.25, 0.3) is 5.65 Å². The third kappa shape index (κ3) is 3.34. The Labute approximate surface area is 161 Å². The van der Waals surface area contributed by atoms with Crippen LogP contribution in [0.15, 0.2) is 59.5 Å². The molecule has 28 heavy (non-hydrogen) atoms. The first-order valence-corrected chi connectivity index (χ1v) is 8.86. The number of hydrogen-bond acceptors (Lipinski definition) is 5. The minimum absolute atomic E-state index is 0.169. The fourth-order valence-corrected chi connectivity index (χ4v) is 3.20. The second-order valence-corrected chi connectivity index (χ2v) is 6.54. The molecule has 0 N–H and O–H groups in total. The summed E-state index contributed by atoms with van der Waals surface area (Å²) in [7, 11) is 0. The van der Waals surface area contributed by atoms with E-state index < -0.39 is 5.97 Å². The van der Waals surface area contributed by atoms with Gasteiger partial charge in [0.15, 0.2) is 12.3 Å². The maximum atomic E-state index is 12.6. The van der Waals surface area contributed by atoms with Crippen LogP contribution in [0, 0.1) is 13.8 Å². The largest absolute Gasteiger partial charge is 0.467 e. The van der Waals surface area contributed by atoms with Crippen molar-refractivity contribution in [3.05, 3.63) is 83.5 Å². The maximum absolute atomic E-state index is 12.6. The van der Waals surface area contributed by atoms with Gasteiger partial charge in [-0.1, -0.05) is 6.07 Å². The lowest BCUT2D eigenvalue weighted by atomic mass is 10.1. The summed E-state index contributed by atoms with van der Waals surface area (Å²) in [5.41, 5.74) is 3.09. The van der Waals surface area contributed by atoms with Gasteiger partial charge in [0.2, 0.25) is 5.78 Å². The standard InChI is InChI=1S/C21H19N3O4/c1-14-10-17(15(2)24(14)11-16-6-5-9-27-16)19(25)13-28-21(26)18-12-23-8-4-3-7-20(23)22-18/h3-10,12H,11,13H2,1-2H3. The van der Waals surface area contributed by atoms with Crippen molar-refractivity contribution < 1.29 is 18.7 Å². The number of ketones is 1. The van der Waals surface area contributed by atoms with Gasteiger partial charge < -0.3 is 18.1 Å². The van der Waals surface area contributed by atoms with Crippen LogP contribution >= 0.6 is 0 Å². The zero-order chi connectivity index (χ0) is 19.7. The zero-order valence-corrected chi connectivity index (χ0v) is 15.6. The summed E-state index contributed by atoms with van der Waals surface area (Å²) in [4.78, 5) is 29.1. The molecule has 4 heterocycles. The van der Waals surface area contributed by atoms with E-state index in [1.54, 1.807) is 35.2 Å². The minimum Gasteiger partial charge on any atom is -0.467 e. The summed E-state index contributed by atoms with van der Waals surface area (Å²) in [6.07, 6.45) is 4.99. The van der Waals surface area contributed by atoms with Gasteiger partial charge in [0.1, 0.15) is 11.4 Å². The van der Waals surface area contributed by atoms with Gasteiger partial charge in [-0.25, -0.2) is 9.78 Å². The Hall–Kier alpha value is -3.61. The smallest absolute Gasteiger partial charge is 0.359 e. The van der Waals surface area contributed by atoms with Crippen LogP contribution in [0.2, 0.25) is 0 Å². The number of aromatic nitrogens is 3. The van der Waals surface area contributed by atoms with E-state index in [4.69, 9.17) is 9.15 Å². The summed E-state index contributed by atoms with van der Waals surface area (Å²) < 4.78 is 14.3. The molecule has 0 aromatic carbocycles. The molecule has 0 spiro atoms. The van der Waals surface area contributed by atoms with Gasteiger partial charge in [-0.3, -0.25) is 4.79 Å². The van der Waals surface area contributed by atoms with Gasteiger partial charge in [-0.2, -0.15) is 0 Å². The number of pyridine rings is 1. The molecule has 0 saturated heterocycles. The minimum atomic E-state index is -0.624. The Morgan fingerprint density at radius 2 is 2.04 bits per heavy atom. The number of hydrogen-bond donors (Lipinski definition) is 0. The Bertz CT molecular complexity index is 1120. The van der Waals surface area contributed by atoms with Crippen molar-refractivity contribution in [3.8, 4) is 0 Å². The molecule has 0 radical (unpaired) electrons. The number of rotatable bonds is 6. The molecular formula is C21H19N3O4. The van der Waals surface area contributed by atoms with E-state index in [1.165, 1.54) is 0 Å². The number of imidazole rings is 1. The summed E-state index contributed by atoms with van der Waals surface area (Å²) >= 11 is 0. The highest BCUT2D eigenvalue weighted by Gasteiger charge is 2.19. The summed E-state index contributed by atoms with van der Waals surface area (Å²) in [6, 6.07) is 11.0. The number of Topliss-reactive ketones (excluding diaryl/α,β-unsaturated/α-hetero) is 1. The fraction of sp³-hybridized carbons (Fsp3) is 0.190.